The Morgan fingerprint density at radius 3 is 2.83 bits per heavy atom. The summed E-state index contributed by atoms with van der Waals surface area (Å²) in [4.78, 5) is 28.4. The normalized spacial score (nSPS) is 13.0. The molecule has 23 heavy (non-hydrogen) atoms. The predicted molar refractivity (Wildman–Crippen MR) is 77.8 cm³/mol. The second kappa shape index (κ2) is 4.70. The minimum atomic E-state index is -0.674. The van der Waals surface area contributed by atoms with E-state index in [4.69, 9.17) is 14.2 Å². The van der Waals surface area contributed by atoms with Gasteiger partial charge < -0.3 is 14.2 Å². The number of fused-ring (bicyclic) bond motifs is 4. The van der Waals surface area contributed by atoms with E-state index >= 15 is 0 Å². The summed E-state index contributed by atoms with van der Waals surface area (Å²) in [6.45, 7) is 2.01. The molecule has 0 radical (unpaired) electrons. The third-order valence-corrected chi connectivity index (χ3v) is 3.63. The molecule has 0 atom stereocenters. The Morgan fingerprint density at radius 1 is 1.35 bits per heavy atom. The van der Waals surface area contributed by atoms with Gasteiger partial charge in [-0.15, -0.1) is 5.10 Å². The molecule has 0 saturated carbocycles. The van der Waals surface area contributed by atoms with Crippen molar-refractivity contribution >= 4 is 22.5 Å². The highest BCUT2D eigenvalue weighted by atomic mass is 16.7. The Hall–Kier alpha value is -3.10. The monoisotopic (exact) mass is 316 g/mol. The fourth-order valence-electron chi connectivity index (χ4n) is 2.53. The molecule has 1 aliphatic rings. The van der Waals surface area contributed by atoms with E-state index in [1.165, 1.54) is 4.57 Å². The average molecular weight is 316 g/mol. The number of carbonyl (C=O) groups excluding carboxylic acids is 1. The van der Waals surface area contributed by atoms with Gasteiger partial charge in [-0.25, -0.2) is 14.6 Å². The molecule has 0 N–H and O–H groups in total. The summed E-state index contributed by atoms with van der Waals surface area (Å²) in [7, 11) is 1.61. The number of carbonyl (C=O) groups is 1. The summed E-state index contributed by atoms with van der Waals surface area (Å²) >= 11 is 0. The molecule has 0 amide bonds. The van der Waals surface area contributed by atoms with E-state index in [9.17, 15) is 9.59 Å². The molecule has 4 rings (SSSR count). The highest BCUT2D eigenvalue weighted by molar-refractivity contribution is 5.95. The number of hydrogen-bond acceptors (Lipinski definition) is 7. The first kappa shape index (κ1) is 13.6. The van der Waals surface area contributed by atoms with Gasteiger partial charge in [0.25, 0.3) is 5.82 Å². The zero-order chi connectivity index (χ0) is 16.1. The van der Waals surface area contributed by atoms with Crippen molar-refractivity contribution in [2.75, 3.05) is 13.4 Å². The summed E-state index contributed by atoms with van der Waals surface area (Å²) in [5.41, 5.74) is 0.452. The molecular formula is C14H12N4O5. The van der Waals surface area contributed by atoms with E-state index < -0.39 is 11.7 Å². The van der Waals surface area contributed by atoms with Gasteiger partial charge in [0.2, 0.25) is 6.79 Å². The molecular weight excluding hydrogens is 304 g/mol. The summed E-state index contributed by atoms with van der Waals surface area (Å²) in [5, 5.41) is 4.59. The molecule has 9 nitrogen and oxygen atoms in total. The topological polar surface area (TPSA) is 97.0 Å². The van der Waals surface area contributed by atoms with Crippen molar-refractivity contribution in [3.05, 3.63) is 28.4 Å². The Balaban J connectivity index is 2.07. The van der Waals surface area contributed by atoms with Crippen LogP contribution in [0.25, 0.3) is 16.6 Å². The highest BCUT2D eigenvalue weighted by Gasteiger charge is 2.22. The zero-order valence-corrected chi connectivity index (χ0v) is 12.4. The lowest BCUT2D eigenvalue weighted by Crippen LogP contribution is -2.25. The van der Waals surface area contributed by atoms with E-state index in [1.807, 2.05) is 0 Å². The second-order valence-corrected chi connectivity index (χ2v) is 4.96. The number of ether oxygens (including phenoxy) is 3. The van der Waals surface area contributed by atoms with Gasteiger partial charge in [0.15, 0.2) is 17.1 Å². The molecule has 0 aliphatic carbocycles. The molecule has 118 valence electrons. The van der Waals surface area contributed by atoms with Crippen LogP contribution >= 0.6 is 0 Å². The van der Waals surface area contributed by atoms with Gasteiger partial charge in [-0.3, -0.25) is 4.57 Å². The van der Waals surface area contributed by atoms with Crippen LogP contribution in [0.3, 0.4) is 0 Å². The van der Waals surface area contributed by atoms with E-state index in [1.54, 1.807) is 26.1 Å². The van der Waals surface area contributed by atoms with Crippen LogP contribution in [0.4, 0.5) is 0 Å². The van der Waals surface area contributed by atoms with Crippen LogP contribution in [0, 0.1) is 0 Å². The van der Waals surface area contributed by atoms with E-state index in [-0.39, 0.29) is 24.9 Å². The van der Waals surface area contributed by atoms with Crippen LogP contribution in [-0.4, -0.2) is 38.5 Å². The highest BCUT2D eigenvalue weighted by Crippen LogP contribution is 2.36. The quantitative estimate of drug-likeness (QED) is 0.634. The maximum atomic E-state index is 12.4. The molecule has 0 bridgehead atoms. The summed E-state index contributed by atoms with van der Waals surface area (Å²) in [5.74, 6) is 0.280. The van der Waals surface area contributed by atoms with Crippen LogP contribution in [0.5, 0.6) is 11.5 Å². The van der Waals surface area contributed by atoms with E-state index in [0.717, 1.165) is 4.52 Å². The third kappa shape index (κ3) is 1.86. The van der Waals surface area contributed by atoms with Crippen molar-refractivity contribution in [1.82, 2.24) is 19.2 Å². The van der Waals surface area contributed by atoms with Crippen LogP contribution < -0.4 is 15.2 Å². The van der Waals surface area contributed by atoms with Gasteiger partial charge >= 0.3 is 11.7 Å². The van der Waals surface area contributed by atoms with Gasteiger partial charge in [-0.1, -0.05) is 0 Å². The summed E-state index contributed by atoms with van der Waals surface area (Å²) < 4.78 is 18.1. The van der Waals surface area contributed by atoms with Gasteiger partial charge in [0.1, 0.15) is 0 Å². The molecule has 0 saturated heterocycles. The fraction of sp³-hybridized carbons (Fsp3) is 0.286. The predicted octanol–water partition coefficient (Wildman–Crippen LogP) is 0.487. The van der Waals surface area contributed by atoms with Crippen LogP contribution in [0.2, 0.25) is 0 Å². The van der Waals surface area contributed by atoms with Gasteiger partial charge in [-0.2, -0.15) is 4.52 Å². The Kier molecular flexibility index (Phi) is 2.77. The van der Waals surface area contributed by atoms with Crippen molar-refractivity contribution < 1.29 is 19.0 Å². The smallest absolute Gasteiger partial charge is 0.378 e. The molecule has 0 unspecified atom stereocenters. The van der Waals surface area contributed by atoms with Crippen LogP contribution in [0.15, 0.2) is 16.9 Å². The number of aromatic nitrogens is 4. The molecule has 1 aliphatic heterocycles. The van der Waals surface area contributed by atoms with E-state index in [2.05, 4.69) is 10.1 Å². The molecule has 3 heterocycles. The molecule has 0 fully saturated rings. The third-order valence-electron chi connectivity index (χ3n) is 3.63. The SMILES string of the molecule is CCOC(=O)c1nc2c3cc4c(cc3n(C)c(=O)n2n1)OCO4. The number of esters is 1. The Morgan fingerprint density at radius 2 is 2.09 bits per heavy atom. The van der Waals surface area contributed by atoms with Crippen molar-refractivity contribution in [2.24, 2.45) is 7.05 Å². The standard InChI is InChI=1S/C14H12N4O5/c1-3-21-13(19)11-15-12-7-4-9-10(23-6-22-9)5-8(7)17(2)14(20)18(12)16-11/h4-5H,3,6H2,1-2H3. The maximum Gasteiger partial charge on any atom is 0.378 e. The minimum absolute atomic E-state index is 0.122. The Bertz CT molecular complexity index is 1020. The van der Waals surface area contributed by atoms with Crippen molar-refractivity contribution in [2.45, 2.75) is 6.92 Å². The molecule has 3 aromatic rings. The lowest BCUT2D eigenvalue weighted by molar-refractivity contribution is 0.0512. The maximum absolute atomic E-state index is 12.4. The van der Waals surface area contributed by atoms with Crippen molar-refractivity contribution in [3.63, 3.8) is 0 Å². The average Bonchev–Trinajstić information content (AvgIpc) is 3.17. The fourth-order valence-corrected chi connectivity index (χ4v) is 2.53. The first-order valence-electron chi connectivity index (χ1n) is 6.96. The summed E-state index contributed by atoms with van der Waals surface area (Å²) in [6, 6.07) is 3.42. The first-order valence-corrected chi connectivity index (χ1v) is 6.96. The van der Waals surface area contributed by atoms with Crippen LogP contribution in [0.1, 0.15) is 17.5 Å². The minimum Gasteiger partial charge on any atom is -0.460 e. The number of hydrogen-bond donors (Lipinski definition) is 0. The zero-order valence-electron chi connectivity index (χ0n) is 12.4. The number of nitrogens with zero attached hydrogens (tertiary/aromatic N) is 4. The number of aryl methyl sites for hydroxylation is 1. The Labute approximate surface area is 129 Å². The number of benzene rings is 1. The summed E-state index contributed by atoms with van der Waals surface area (Å²) in [6.07, 6.45) is 0. The van der Waals surface area contributed by atoms with Gasteiger partial charge in [0.05, 0.1) is 12.1 Å². The van der Waals surface area contributed by atoms with Crippen molar-refractivity contribution in [3.8, 4) is 11.5 Å². The molecule has 2 aromatic heterocycles. The largest absolute Gasteiger partial charge is 0.460 e. The molecule has 1 aromatic carbocycles. The van der Waals surface area contributed by atoms with Gasteiger partial charge in [-0.05, 0) is 13.0 Å². The van der Waals surface area contributed by atoms with E-state index in [0.29, 0.717) is 22.4 Å². The van der Waals surface area contributed by atoms with Gasteiger partial charge in [0, 0.05) is 18.5 Å². The lowest BCUT2D eigenvalue weighted by atomic mass is 10.2. The first-order chi connectivity index (χ1) is 11.1. The van der Waals surface area contributed by atoms with Crippen molar-refractivity contribution in [1.29, 1.82) is 0 Å². The molecule has 0 spiro atoms. The van der Waals surface area contributed by atoms with Crippen LogP contribution in [-0.2, 0) is 11.8 Å². The second-order valence-electron chi connectivity index (χ2n) is 4.96. The molecule has 9 heteroatoms. The lowest BCUT2D eigenvalue weighted by Gasteiger charge is -2.06. The number of rotatable bonds is 2.